The number of carbonyl (C=O) groups excluding carboxylic acids is 1. The quantitative estimate of drug-likeness (QED) is 0.606. The SMILES string of the molecule is COC(=O)CC1(C)Cn2c(c(C)c3cc(C)c(C)cc32)-c2ccccc21. The molecule has 3 aromatic rings. The van der Waals surface area contributed by atoms with E-state index in [1.165, 1.54) is 51.5 Å². The van der Waals surface area contributed by atoms with Gasteiger partial charge in [0.25, 0.3) is 0 Å². The molecule has 3 nitrogen and oxygen atoms in total. The summed E-state index contributed by atoms with van der Waals surface area (Å²) in [5, 5.41) is 1.31. The topological polar surface area (TPSA) is 31.2 Å². The van der Waals surface area contributed by atoms with Crippen LogP contribution in [0.15, 0.2) is 36.4 Å². The van der Waals surface area contributed by atoms with Crippen LogP contribution >= 0.6 is 0 Å². The first kappa shape index (κ1) is 16.9. The first-order valence-electron chi connectivity index (χ1n) is 9.12. The number of methoxy groups -OCH3 is 1. The third-order valence-corrected chi connectivity index (χ3v) is 6.03. The van der Waals surface area contributed by atoms with E-state index in [9.17, 15) is 4.79 Å². The van der Waals surface area contributed by atoms with Gasteiger partial charge >= 0.3 is 5.97 Å². The lowest BCUT2D eigenvalue weighted by Gasteiger charge is -2.37. The monoisotopic (exact) mass is 347 g/mol. The molecule has 0 radical (unpaired) electrons. The molecule has 1 aromatic heterocycles. The van der Waals surface area contributed by atoms with Crippen LogP contribution in [0.25, 0.3) is 22.2 Å². The molecule has 1 unspecified atom stereocenters. The van der Waals surface area contributed by atoms with Crippen LogP contribution in [-0.2, 0) is 21.5 Å². The van der Waals surface area contributed by atoms with Crippen molar-refractivity contribution >= 4 is 16.9 Å². The van der Waals surface area contributed by atoms with E-state index in [1.807, 2.05) is 0 Å². The highest BCUT2D eigenvalue weighted by Crippen LogP contribution is 2.46. The maximum absolute atomic E-state index is 12.1. The zero-order valence-electron chi connectivity index (χ0n) is 16.1. The summed E-state index contributed by atoms with van der Waals surface area (Å²) in [5.74, 6) is -0.161. The minimum absolute atomic E-state index is 0.161. The van der Waals surface area contributed by atoms with Crippen molar-refractivity contribution in [1.82, 2.24) is 4.57 Å². The average molecular weight is 347 g/mol. The fourth-order valence-electron chi connectivity index (χ4n) is 4.48. The number of benzene rings is 2. The number of rotatable bonds is 2. The van der Waals surface area contributed by atoms with Gasteiger partial charge in [0.1, 0.15) is 0 Å². The zero-order chi connectivity index (χ0) is 18.6. The summed E-state index contributed by atoms with van der Waals surface area (Å²) in [4.78, 5) is 12.1. The van der Waals surface area contributed by atoms with Crippen molar-refractivity contribution in [3.05, 3.63) is 58.7 Å². The smallest absolute Gasteiger partial charge is 0.306 e. The highest BCUT2D eigenvalue weighted by Gasteiger charge is 2.38. The Morgan fingerprint density at radius 3 is 2.58 bits per heavy atom. The van der Waals surface area contributed by atoms with E-state index in [0.717, 1.165) is 6.54 Å². The van der Waals surface area contributed by atoms with Gasteiger partial charge in [-0.3, -0.25) is 4.79 Å². The molecule has 1 aliphatic heterocycles. The van der Waals surface area contributed by atoms with Crippen molar-refractivity contribution in [2.24, 2.45) is 0 Å². The molecule has 1 aliphatic rings. The van der Waals surface area contributed by atoms with Crippen molar-refractivity contribution < 1.29 is 9.53 Å². The molecule has 134 valence electrons. The molecule has 4 rings (SSSR count). The van der Waals surface area contributed by atoms with E-state index < -0.39 is 0 Å². The fourth-order valence-corrected chi connectivity index (χ4v) is 4.48. The van der Waals surface area contributed by atoms with E-state index in [-0.39, 0.29) is 11.4 Å². The summed E-state index contributed by atoms with van der Waals surface area (Å²) in [5.41, 5.74) is 8.64. The lowest BCUT2D eigenvalue weighted by Crippen LogP contribution is -2.35. The molecular formula is C23H25NO2. The number of ether oxygens (including phenoxy) is 1. The molecule has 2 aromatic carbocycles. The second kappa shape index (κ2) is 5.73. The Labute approximate surface area is 154 Å². The third-order valence-electron chi connectivity index (χ3n) is 6.03. The van der Waals surface area contributed by atoms with Crippen molar-refractivity contribution in [3.63, 3.8) is 0 Å². The zero-order valence-corrected chi connectivity index (χ0v) is 16.1. The Balaban J connectivity index is 2.03. The summed E-state index contributed by atoms with van der Waals surface area (Å²) in [6, 6.07) is 13.1. The maximum atomic E-state index is 12.1. The molecule has 0 bridgehead atoms. The lowest BCUT2D eigenvalue weighted by molar-refractivity contribution is -0.142. The molecule has 0 saturated heterocycles. The number of carbonyl (C=O) groups is 1. The number of esters is 1. The van der Waals surface area contributed by atoms with Crippen LogP contribution in [0.4, 0.5) is 0 Å². The number of fused-ring (bicyclic) bond motifs is 5. The van der Waals surface area contributed by atoms with Crippen molar-refractivity contribution in [1.29, 1.82) is 0 Å². The minimum atomic E-state index is -0.284. The van der Waals surface area contributed by atoms with Gasteiger partial charge in [-0.1, -0.05) is 31.2 Å². The van der Waals surface area contributed by atoms with Gasteiger partial charge in [-0.05, 0) is 55.2 Å². The standard InChI is InChI=1S/C23H25NO2/c1-14-10-18-16(3)22-17-8-6-7-9-19(17)23(4,12-21(25)26-5)13-24(22)20(18)11-15(14)2/h6-11H,12-13H2,1-5H3. The van der Waals surface area contributed by atoms with E-state index in [1.54, 1.807) is 0 Å². The first-order chi connectivity index (χ1) is 12.4. The molecule has 0 spiro atoms. The molecule has 26 heavy (non-hydrogen) atoms. The second-order valence-corrected chi connectivity index (χ2v) is 7.87. The fraction of sp³-hybridized carbons (Fsp3) is 0.348. The van der Waals surface area contributed by atoms with Crippen LogP contribution in [0.3, 0.4) is 0 Å². The summed E-state index contributed by atoms with van der Waals surface area (Å²) < 4.78 is 7.41. The van der Waals surface area contributed by atoms with Gasteiger partial charge in [0.2, 0.25) is 0 Å². The summed E-state index contributed by atoms with van der Waals surface area (Å²) >= 11 is 0. The highest BCUT2D eigenvalue weighted by atomic mass is 16.5. The predicted octanol–water partition coefficient (Wildman–Crippen LogP) is 5.07. The number of aryl methyl sites for hydroxylation is 3. The number of nitrogens with zero attached hydrogens (tertiary/aromatic N) is 1. The van der Waals surface area contributed by atoms with Crippen molar-refractivity contribution in [3.8, 4) is 11.3 Å². The van der Waals surface area contributed by atoms with E-state index >= 15 is 0 Å². The second-order valence-electron chi connectivity index (χ2n) is 7.87. The number of aromatic nitrogens is 1. The third kappa shape index (κ3) is 2.30. The average Bonchev–Trinajstić information content (AvgIpc) is 2.87. The highest BCUT2D eigenvalue weighted by molar-refractivity contribution is 5.94. The van der Waals surface area contributed by atoms with Gasteiger partial charge in [0.05, 0.1) is 19.2 Å². The van der Waals surface area contributed by atoms with Crippen molar-refractivity contribution in [2.75, 3.05) is 7.11 Å². The van der Waals surface area contributed by atoms with Gasteiger partial charge in [0, 0.05) is 28.4 Å². The minimum Gasteiger partial charge on any atom is -0.469 e. The van der Waals surface area contributed by atoms with Gasteiger partial charge in [-0.25, -0.2) is 0 Å². The Hall–Kier alpha value is -2.55. The predicted molar refractivity (Wildman–Crippen MR) is 106 cm³/mol. The summed E-state index contributed by atoms with van der Waals surface area (Å²) in [7, 11) is 1.47. The molecular weight excluding hydrogens is 322 g/mol. The number of hydrogen-bond donors (Lipinski definition) is 0. The van der Waals surface area contributed by atoms with Crippen LogP contribution in [-0.4, -0.2) is 17.6 Å². The lowest BCUT2D eigenvalue weighted by atomic mass is 9.74. The molecule has 1 atom stereocenters. The molecule has 0 saturated carbocycles. The Morgan fingerprint density at radius 2 is 1.85 bits per heavy atom. The van der Waals surface area contributed by atoms with Gasteiger partial charge < -0.3 is 9.30 Å². The van der Waals surface area contributed by atoms with Gasteiger partial charge in [-0.15, -0.1) is 0 Å². The number of hydrogen-bond acceptors (Lipinski definition) is 2. The van der Waals surface area contributed by atoms with Gasteiger partial charge in [-0.2, -0.15) is 0 Å². The maximum Gasteiger partial charge on any atom is 0.306 e. The molecule has 0 N–H and O–H groups in total. The largest absolute Gasteiger partial charge is 0.469 e. The first-order valence-corrected chi connectivity index (χ1v) is 9.12. The van der Waals surface area contributed by atoms with Crippen LogP contribution in [0, 0.1) is 20.8 Å². The molecule has 0 fully saturated rings. The molecule has 0 amide bonds. The van der Waals surface area contributed by atoms with Crippen LogP contribution in [0.2, 0.25) is 0 Å². The molecule has 2 heterocycles. The van der Waals surface area contributed by atoms with Crippen molar-refractivity contribution in [2.45, 2.75) is 46.1 Å². The summed E-state index contributed by atoms with van der Waals surface area (Å²) in [6.07, 6.45) is 0.378. The normalized spacial score (nSPS) is 18.5. The molecule has 3 heteroatoms. The Bertz CT molecular complexity index is 1040. The van der Waals surface area contributed by atoms with Crippen LogP contribution in [0.1, 0.15) is 35.6 Å². The van der Waals surface area contributed by atoms with Crippen LogP contribution < -0.4 is 0 Å². The van der Waals surface area contributed by atoms with Crippen LogP contribution in [0.5, 0.6) is 0 Å². The molecule has 0 aliphatic carbocycles. The van der Waals surface area contributed by atoms with E-state index in [2.05, 4.69) is 68.7 Å². The van der Waals surface area contributed by atoms with E-state index in [0.29, 0.717) is 6.42 Å². The van der Waals surface area contributed by atoms with Gasteiger partial charge in [0.15, 0.2) is 0 Å². The Morgan fingerprint density at radius 1 is 1.15 bits per heavy atom. The Kier molecular flexibility index (Phi) is 3.72. The summed E-state index contributed by atoms with van der Waals surface area (Å²) in [6.45, 7) is 9.49. The van der Waals surface area contributed by atoms with E-state index in [4.69, 9.17) is 4.74 Å².